The summed E-state index contributed by atoms with van der Waals surface area (Å²) < 4.78 is 11.5. The van der Waals surface area contributed by atoms with E-state index in [4.69, 9.17) is 4.85 Å². The number of benzene rings is 11. The fraction of sp³-hybridized carbons (Fsp3) is 0. The second-order valence-electron chi connectivity index (χ2n) is 19.3. The summed E-state index contributed by atoms with van der Waals surface area (Å²) in [6.07, 6.45) is 0. The van der Waals surface area contributed by atoms with Gasteiger partial charge in [0.2, 0.25) is 5.69 Å². The van der Waals surface area contributed by atoms with E-state index >= 15 is 0 Å². The largest absolute Gasteiger partial charge is 0.317 e. The third kappa shape index (κ3) is 5.40. The van der Waals surface area contributed by atoms with E-state index in [1.165, 1.54) is 0 Å². The highest BCUT2D eigenvalue weighted by Crippen LogP contribution is 2.52. The molecule has 0 bridgehead atoms. The fourth-order valence-corrected chi connectivity index (χ4v) is 12.8. The number of nitrogens with zero attached hydrogens (tertiary/aromatic N) is 7. The Morgan fingerprint density at radius 2 is 0.627 bits per heavy atom. The van der Waals surface area contributed by atoms with Crippen LogP contribution in [-0.2, 0) is 0 Å². The van der Waals surface area contributed by atoms with Crippen LogP contribution in [0.5, 0.6) is 0 Å². The monoisotopic (exact) mass is 953 g/mol. The zero-order valence-electron chi connectivity index (χ0n) is 40.1. The summed E-state index contributed by atoms with van der Waals surface area (Å²) in [4.78, 5) is 4.79. The fourth-order valence-electron chi connectivity index (χ4n) is 12.8. The van der Waals surface area contributed by atoms with Gasteiger partial charge in [0.25, 0.3) is 0 Å². The molecule has 0 N–H and O–H groups in total. The quantitative estimate of drug-likeness (QED) is 0.159. The van der Waals surface area contributed by atoms with Gasteiger partial charge in [-0.1, -0.05) is 170 Å². The molecule has 7 heteroatoms. The van der Waals surface area contributed by atoms with E-state index in [1.807, 2.05) is 0 Å². The molecule has 0 atom stereocenters. The van der Waals surface area contributed by atoms with Gasteiger partial charge < -0.3 is 22.8 Å². The Balaban J connectivity index is 1.22. The topological polar surface area (TPSA) is 52.8 Å². The van der Waals surface area contributed by atoms with Crippen molar-refractivity contribution in [2.24, 2.45) is 0 Å². The van der Waals surface area contributed by atoms with Crippen LogP contribution in [0.4, 0.5) is 5.69 Å². The van der Waals surface area contributed by atoms with Gasteiger partial charge in [-0.2, -0.15) is 5.26 Å². The summed E-state index contributed by atoms with van der Waals surface area (Å²) >= 11 is 0. The predicted octanol–water partition coefficient (Wildman–Crippen LogP) is 17.6. The van der Waals surface area contributed by atoms with Gasteiger partial charge in [0.1, 0.15) is 6.07 Å². The van der Waals surface area contributed by atoms with Crippen LogP contribution >= 0.6 is 0 Å². The highest BCUT2D eigenvalue weighted by Gasteiger charge is 2.35. The van der Waals surface area contributed by atoms with Crippen molar-refractivity contribution in [3.8, 4) is 34.5 Å². The first-order valence-corrected chi connectivity index (χ1v) is 25.2. The molecule has 5 heterocycles. The summed E-state index contributed by atoms with van der Waals surface area (Å²) in [7, 11) is 0. The predicted molar refractivity (Wildman–Crippen MR) is 309 cm³/mol. The number of fused-ring (bicyclic) bond motifs is 16. The van der Waals surface area contributed by atoms with E-state index in [0.717, 1.165) is 120 Å². The minimum atomic E-state index is 0.353. The Morgan fingerprint density at radius 3 is 1.05 bits per heavy atom. The summed E-state index contributed by atoms with van der Waals surface area (Å²) in [5.41, 5.74) is 14.0. The average Bonchev–Trinajstić information content (AvgIpc) is 4.40. The van der Waals surface area contributed by atoms with Crippen molar-refractivity contribution in [3.63, 3.8) is 0 Å². The van der Waals surface area contributed by atoms with Crippen LogP contribution in [0.2, 0.25) is 0 Å². The number of para-hydroxylation sites is 9. The van der Waals surface area contributed by atoms with Gasteiger partial charge in [0.15, 0.2) is 0 Å². The Hall–Kier alpha value is -10.6. The number of nitriles is 1. The second kappa shape index (κ2) is 15.5. The van der Waals surface area contributed by atoms with Gasteiger partial charge in [-0.15, -0.1) is 0 Å². The SMILES string of the molecule is [C-]#[N+]c1c(-n2c3ccccc3c3ccccc32)c(-n2c3ccccc3c3ccccc32)c(-n2c3ccccc3c3ccccc32)c(C#N)c1-n1c2ccccc2c2c1ccc1c3ccccc3n(-c3ccccc3)c12. The minimum Gasteiger partial charge on any atom is -0.317 e. The van der Waals surface area contributed by atoms with Crippen LogP contribution in [0.25, 0.3) is 142 Å². The Kier molecular flexibility index (Phi) is 8.46. The maximum Gasteiger partial charge on any atom is 0.237 e. The van der Waals surface area contributed by atoms with Crippen molar-refractivity contribution in [2.45, 2.75) is 0 Å². The molecule has 5 aromatic heterocycles. The average molecular weight is 954 g/mol. The Labute approximate surface area is 428 Å². The second-order valence-corrected chi connectivity index (χ2v) is 19.3. The maximum atomic E-state index is 12.6. The van der Waals surface area contributed by atoms with E-state index < -0.39 is 0 Å². The van der Waals surface area contributed by atoms with Crippen molar-refractivity contribution in [1.29, 1.82) is 5.26 Å². The summed E-state index contributed by atoms with van der Waals surface area (Å²) in [6.45, 7) is 9.81. The molecule has 0 fully saturated rings. The van der Waals surface area contributed by atoms with Crippen LogP contribution in [0.15, 0.2) is 237 Å². The smallest absolute Gasteiger partial charge is 0.237 e. The first-order chi connectivity index (χ1) is 37.2. The third-order valence-corrected chi connectivity index (χ3v) is 15.7. The molecule has 75 heavy (non-hydrogen) atoms. The summed E-state index contributed by atoms with van der Waals surface area (Å²) in [5.74, 6) is 0. The molecular formula is C68H39N7. The van der Waals surface area contributed by atoms with Crippen molar-refractivity contribution in [2.75, 3.05) is 0 Å². The van der Waals surface area contributed by atoms with Crippen molar-refractivity contribution in [3.05, 3.63) is 254 Å². The lowest BCUT2D eigenvalue weighted by Crippen LogP contribution is -2.14. The molecule has 0 aliphatic carbocycles. The van der Waals surface area contributed by atoms with E-state index in [9.17, 15) is 11.8 Å². The number of hydrogen-bond donors (Lipinski definition) is 0. The third-order valence-electron chi connectivity index (χ3n) is 15.7. The first kappa shape index (κ1) is 41.1. The molecule has 0 radical (unpaired) electrons. The van der Waals surface area contributed by atoms with Gasteiger partial charge in [-0.25, -0.2) is 4.85 Å². The van der Waals surface area contributed by atoms with Crippen LogP contribution in [0.3, 0.4) is 0 Å². The number of hydrogen-bond acceptors (Lipinski definition) is 1. The van der Waals surface area contributed by atoms with Crippen molar-refractivity contribution in [1.82, 2.24) is 22.8 Å². The van der Waals surface area contributed by atoms with Gasteiger partial charge in [0, 0.05) is 59.5 Å². The highest BCUT2D eigenvalue weighted by molar-refractivity contribution is 6.27. The number of aromatic nitrogens is 5. The molecule has 0 saturated carbocycles. The molecule has 346 valence electrons. The molecule has 16 aromatic rings. The van der Waals surface area contributed by atoms with Crippen LogP contribution in [-0.4, -0.2) is 22.8 Å². The molecule has 0 saturated heterocycles. The van der Waals surface area contributed by atoms with Gasteiger partial charge >= 0.3 is 0 Å². The van der Waals surface area contributed by atoms with E-state index in [1.54, 1.807) is 0 Å². The molecule has 7 nitrogen and oxygen atoms in total. The lowest BCUT2D eigenvalue weighted by atomic mass is 10.0. The first-order valence-electron chi connectivity index (χ1n) is 25.2. The summed E-state index contributed by atoms with van der Waals surface area (Å²) in [5, 5.41) is 23.3. The Morgan fingerprint density at radius 1 is 0.293 bits per heavy atom. The van der Waals surface area contributed by atoms with Gasteiger partial charge in [-0.3, -0.25) is 0 Å². The van der Waals surface area contributed by atoms with Crippen LogP contribution in [0, 0.1) is 17.9 Å². The lowest BCUT2D eigenvalue weighted by Gasteiger charge is -2.27. The van der Waals surface area contributed by atoms with E-state index in [0.29, 0.717) is 28.3 Å². The molecule has 16 rings (SSSR count). The van der Waals surface area contributed by atoms with Crippen molar-refractivity contribution >= 4 is 115 Å². The maximum absolute atomic E-state index is 12.6. The highest BCUT2D eigenvalue weighted by atomic mass is 15.1. The zero-order valence-corrected chi connectivity index (χ0v) is 40.1. The molecule has 0 aliphatic heterocycles. The van der Waals surface area contributed by atoms with E-state index in [2.05, 4.69) is 265 Å². The molecule has 0 aliphatic rings. The minimum absolute atomic E-state index is 0.353. The van der Waals surface area contributed by atoms with Crippen LogP contribution in [0.1, 0.15) is 5.56 Å². The Bertz CT molecular complexity index is 4900. The molecule has 11 aromatic carbocycles. The molecule has 0 unspecified atom stereocenters. The number of rotatable bonds is 5. The normalized spacial score (nSPS) is 12.0. The zero-order chi connectivity index (χ0) is 49.5. The van der Waals surface area contributed by atoms with E-state index in [-0.39, 0.29) is 0 Å². The van der Waals surface area contributed by atoms with Gasteiger partial charge in [0.05, 0.1) is 90.1 Å². The molecular weight excluding hydrogens is 915 g/mol. The molecule has 0 amide bonds. The van der Waals surface area contributed by atoms with Gasteiger partial charge in [-0.05, 0) is 66.7 Å². The standard InChI is InChI=1S/C68H39N7/c1-70-63-65(75-60-38-20-12-30-51(60)62-61(75)40-39-50-49-29-11-13-31-53(49)71(64(50)62)42-21-3-2-4-22-42)52(41-69)66(72-54-32-14-5-23-43(54)44-24-6-15-33-55(44)72)68(74-58-36-18-9-27-47(58)48-28-10-19-37-59(48)74)67(63)73-56-34-16-7-25-45(56)46-26-8-17-35-57(46)73/h2-40H. The van der Waals surface area contributed by atoms with Crippen molar-refractivity contribution < 1.29 is 0 Å². The lowest BCUT2D eigenvalue weighted by molar-refractivity contribution is 1.03. The summed E-state index contributed by atoms with van der Waals surface area (Å²) in [6, 6.07) is 86.1. The molecule has 0 spiro atoms. The van der Waals surface area contributed by atoms with Crippen LogP contribution < -0.4 is 0 Å².